The molecule has 4 aromatic rings. The maximum absolute atomic E-state index is 13.2. The van der Waals surface area contributed by atoms with E-state index < -0.39 is 0 Å². The summed E-state index contributed by atoms with van der Waals surface area (Å²) in [5.74, 6) is -0.429. The number of nitrogens with zero attached hydrogens (tertiary/aromatic N) is 4. The monoisotopic (exact) mass is 468 g/mol. The van der Waals surface area contributed by atoms with Crippen LogP contribution in [-0.2, 0) is 6.54 Å². The summed E-state index contributed by atoms with van der Waals surface area (Å²) < 4.78 is 3.80. The van der Waals surface area contributed by atoms with Crippen molar-refractivity contribution in [3.63, 3.8) is 0 Å². The fourth-order valence-corrected chi connectivity index (χ4v) is 5.82. The molecule has 1 aromatic heterocycles. The topological polar surface area (TPSA) is 67.6 Å². The van der Waals surface area contributed by atoms with Gasteiger partial charge in [-0.2, -0.15) is 0 Å². The average Bonchev–Trinajstić information content (AvgIpc) is 3.18. The number of carbonyl (C=O) groups is 2. The number of para-hydroxylation sites is 2. The molecule has 3 heterocycles. The zero-order valence-electron chi connectivity index (χ0n) is 19.8. The van der Waals surface area contributed by atoms with Crippen molar-refractivity contribution in [2.45, 2.75) is 32.4 Å². The maximum atomic E-state index is 13.2. The number of aryl methyl sites for hydroxylation is 1. The lowest BCUT2D eigenvalue weighted by atomic mass is 9.94. The van der Waals surface area contributed by atoms with Crippen LogP contribution in [0.5, 0.6) is 0 Å². The highest BCUT2D eigenvalue weighted by atomic mass is 16.2. The summed E-state index contributed by atoms with van der Waals surface area (Å²) in [5.41, 5.74) is 3.24. The number of carbonyl (C=O) groups excluding carboxylic acids is 2. The molecule has 0 atom stereocenters. The number of fused-ring (bicyclic) bond motifs is 1. The van der Waals surface area contributed by atoms with E-state index >= 15 is 0 Å². The van der Waals surface area contributed by atoms with Crippen LogP contribution in [0.4, 0.5) is 0 Å². The van der Waals surface area contributed by atoms with Crippen molar-refractivity contribution in [1.29, 1.82) is 0 Å². The Morgan fingerprint density at radius 3 is 2.03 bits per heavy atom. The molecule has 1 saturated heterocycles. The third kappa shape index (κ3) is 3.41. The summed E-state index contributed by atoms with van der Waals surface area (Å²) in [6, 6.07) is 19.4. The lowest BCUT2D eigenvalue weighted by Crippen LogP contribution is -2.46. The van der Waals surface area contributed by atoms with Crippen LogP contribution in [0.1, 0.15) is 46.5 Å². The van der Waals surface area contributed by atoms with Crippen LogP contribution in [0.15, 0.2) is 65.5 Å². The predicted molar refractivity (Wildman–Crippen MR) is 136 cm³/mol. The van der Waals surface area contributed by atoms with E-state index in [4.69, 9.17) is 0 Å². The third-order valence-electron chi connectivity index (χ3n) is 7.60. The molecular weight excluding hydrogens is 440 g/mol. The predicted octanol–water partition coefficient (Wildman–Crippen LogP) is 3.91. The highest BCUT2D eigenvalue weighted by molar-refractivity contribution is 6.25. The van der Waals surface area contributed by atoms with E-state index in [-0.39, 0.29) is 23.5 Å². The Bertz CT molecular complexity index is 1470. The minimum atomic E-state index is -0.215. The van der Waals surface area contributed by atoms with Gasteiger partial charge in [0.25, 0.3) is 11.8 Å². The molecule has 6 rings (SSSR count). The minimum Gasteiger partial charge on any atom is -0.301 e. The van der Waals surface area contributed by atoms with E-state index in [1.54, 1.807) is 0 Å². The van der Waals surface area contributed by atoms with Gasteiger partial charge in [0.2, 0.25) is 0 Å². The van der Waals surface area contributed by atoms with Gasteiger partial charge in [-0.15, -0.1) is 0 Å². The van der Waals surface area contributed by atoms with E-state index in [0.717, 1.165) is 47.7 Å². The number of amides is 2. The Hall–Kier alpha value is -3.71. The molecule has 0 unspecified atom stereocenters. The summed E-state index contributed by atoms with van der Waals surface area (Å²) in [6.45, 7) is 5.30. The van der Waals surface area contributed by atoms with Crippen molar-refractivity contribution in [3.8, 4) is 0 Å². The molecule has 0 saturated carbocycles. The fraction of sp³-hybridized carbons (Fsp3) is 0.321. The van der Waals surface area contributed by atoms with Crippen molar-refractivity contribution in [2.75, 3.05) is 26.2 Å². The van der Waals surface area contributed by atoms with Crippen molar-refractivity contribution in [3.05, 3.63) is 82.3 Å². The molecule has 0 aliphatic carbocycles. The van der Waals surface area contributed by atoms with E-state index in [2.05, 4.69) is 4.90 Å². The normalized spacial score (nSPS) is 17.1. The van der Waals surface area contributed by atoms with Crippen molar-refractivity contribution < 1.29 is 9.59 Å². The SMILES string of the molecule is CCn1c(=O)n(C2CCN(CCN3C(=O)c4cccc5cccc(c45)C3=O)CC2)c2ccccc21. The molecule has 0 bridgehead atoms. The lowest BCUT2D eigenvalue weighted by Gasteiger charge is -2.34. The highest BCUT2D eigenvalue weighted by Crippen LogP contribution is 2.30. The molecule has 3 aromatic carbocycles. The first-order valence-corrected chi connectivity index (χ1v) is 12.4. The number of likely N-dealkylation sites (tertiary alicyclic amines) is 1. The van der Waals surface area contributed by atoms with Crippen LogP contribution < -0.4 is 5.69 Å². The van der Waals surface area contributed by atoms with Crippen molar-refractivity contribution in [1.82, 2.24) is 18.9 Å². The van der Waals surface area contributed by atoms with Gasteiger partial charge in [0.05, 0.1) is 11.0 Å². The lowest BCUT2D eigenvalue weighted by molar-refractivity contribution is 0.0583. The van der Waals surface area contributed by atoms with Crippen LogP contribution in [0, 0.1) is 0 Å². The van der Waals surface area contributed by atoms with E-state index in [0.29, 0.717) is 30.8 Å². The molecule has 35 heavy (non-hydrogen) atoms. The molecule has 7 nitrogen and oxygen atoms in total. The zero-order valence-corrected chi connectivity index (χ0v) is 19.8. The second-order valence-corrected chi connectivity index (χ2v) is 9.43. The van der Waals surface area contributed by atoms with Crippen LogP contribution in [0.3, 0.4) is 0 Å². The largest absolute Gasteiger partial charge is 0.329 e. The van der Waals surface area contributed by atoms with Crippen LogP contribution in [-0.4, -0.2) is 56.9 Å². The Kier molecular flexibility index (Phi) is 5.29. The first-order chi connectivity index (χ1) is 17.1. The molecule has 2 aliphatic heterocycles. The molecule has 0 N–H and O–H groups in total. The standard InChI is InChI=1S/C28H28N4O3/c1-2-30-23-11-3-4-12-24(23)32(28(30)35)20-13-15-29(16-14-20)17-18-31-26(33)21-9-5-7-19-8-6-10-22(25(19)21)27(31)34/h3-12,20H,2,13-18H2,1H3. The van der Waals surface area contributed by atoms with Gasteiger partial charge < -0.3 is 4.90 Å². The van der Waals surface area contributed by atoms with E-state index in [1.165, 1.54) is 4.90 Å². The van der Waals surface area contributed by atoms with Gasteiger partial charge >= 0.3 is 5.69 Å². The van der Waals surface area contributed by atoms with Gasteiger partial charge in [-0.25, -0.2) is 4.79 Å². The van der Waals surface area contributed by atoms with Gasteiger partial charge in [-0.3, -0.25) is 23.6 Å². The van der Waals surface area contributed by atoms with Gasteiger partial charge in [-0.05, 0) is 49.4 Å². The number of imidazole rings is 1. The zero-order chi connectivity index (χ0) is 24.1. The molecular formula is C28H28N4O3. The molecule has 2 aliphatic rings. The van der Waals surface area contributed by atoms with Crippen LogP contribution >= 0.6 is 0 Å². The van der Waals surface area contributed by atoms with Crippen LogP contribution in [0.25, 0.3) is 21.8 Å². The number of hydrogen-bond donors (Lipinski definition) is 0. The summed E-state index contributed by atoms with van der Waals surface area (Å²) in [7, 11) is 0. The van der Waals surface area contributed by atoms with Gasteiger partial charge in [0.15, 0.2) is 0 Å². The fourth-order valence-electron chi connectivity index (χ4n) is 5.82. The second kappa shape index (κ2) is 8.50. The number of hydrogen-bond acceptors (Lipinski definition) is 4. The Labute approximate surface area is 203 Å². The number of piperidine rings is 1. The smallest absolute Gasteiger partial charge is 0.301 e. The Morgan fingerprint density at radius 2 is 1.40 bits per heavy atom. The van der Waals surface area contributed by atoms with Gasteiger partial charge in [-0.1, -0.05) is 36.4 Å². The molecule has 7 heteroatoms. The van der Waals surface area contributed by atoms with Gasteiger partial charge in [0.1, 0.15) is 0 Å². The first-order valence-electron chi connectivity index (χ1n) is 12.4. The number of imide groups is 1. The number of benzene rings is 3. The molecule has 2 amide bonds. The quantitative estimate of drug-likeness (QED) is 0.417. The van der Waals surface area contributed by atoms with Crippen molar-refractivity contribution in [2.24, 2.45) is 0 Å². The summed E-state index contributed by atoms with van der Waals surface area (Å²) in [5, 5.41) is 1.68. The van der Waals surface area contributed by atoms with Crippen molar-refractivity contribution >= 4 is 33.6 Å². The van der Waals surface area contributed by atoms with Crippen LogP contribution in [0.2, 0.25) is 0 Å². The average molecular weight is 469 g/mol. The molecule has 1 fully saturated rings. The Morgan fingerprint density at radius 1 is 0.771 bits per heavy atom. The van der Waals surface area contributed by atoms with E-state index in [9.17, 15) is 14.4 Å². The maximum Gasteiger partial charge on any atom is 0.329 e. The molecule has 178 valence electrons. The molecule has 0 spiro atoms. The number of aromatic nitrogens is 2. The minimum absolute atomic E-state index is 0.0597. The first kappa shape index (κ1) is 21.8. The second-order valence-electron chi connectivity index (χ2n) is 9.43. The third-order valence-corrected chi connectivity index (χ3v) is 7.60. The summed E-state index contributed by atoms with van der Waals surface area (Å²) in [6.07, 6.45) is 1.73. The highest BCUT2D eigenvalue weighted by Gasteiger charge is 2.33. The van der Waals surface area contributed by atoms with E-state index in [1.807, 2.05) is 76.7 Å². The molecule has 0 radical (unpaired) electrons. The summed E-state index contributed by atoms with van der Waals surface area (Å²) >= 11 is 0. The Balaban J connectivity index is 1.16. The number of rotatable bonds is 5. The summed E-state index contributed by atoms with van der Waals surface area (Å²) in [4.78, 5) is 43.1. The van der Waals surface area contributed by atoms with Gasteiger partial charge in [0, 0.05) is 55.3 Å².